The van der Waals surface area contributed by atoms with E-state index in [1.165, 1.54) is 5.56 Å². The predicted molar refractivity (Wildman–Crippen MR) is 76.0 cm³/mol. The van der Waals surface area contributed by atoms with Gasteiger partial charge in [-0.2, -0.15) is 0 Å². The Hall–Kier alpha value is -2.29. The van der Waals surface area contributed by atoms with Gasteiger partial charge in [0.25, 0.3) is 0 Å². The van der Waals surface area contributed by atoms with Crippen LogP contribution in [0.2, 0.25) is 0 Å². The summed E-state index contributed by atoms with van der Waals surface area (Å²) in [5, 5.41) is 12.1. The van der Waals surface area contributed by atoms with Crippen molar-refractivity contribution in [3.63, 3.8) is 0 Å². The van der Waals surface area contributed by atoms with Crippen LogP contribution in [-0.2, 0) is 6.61 Å². The highest BCUT2D eigenvalue weighted by atomic mass is 16.5. The maximum Gasteiger partial charge on any atom is 0.128 e. The second-order valence-electron chi connectivity index (χ2n) is 4.46. The quantitative estimate of drug-likeness (QED) is 0.513. The Bertz CT molecular complexity index is 574. The summed E-state index contributed by atoms with van der Waals surface area (Å²) in [5.74, 6) is 0.721. The number of hydrogen-bond donors (Lipinski definition) is 1. The van der Waals surface area contributed by atoms with Gasteiger partial charge in [-0.05, 0) is 31.5 Å². The topological polar surface area (TPSA) is 41.8 Å². The van der Waals surface area contributed by atoms with Crippen LogP contribution in [-0.4, -0.2) is 10.9 Å². The Kier molecular flexibility index (Phi) is 4.18. The van der Waals surface area contributed by atoms with Gasteiger partial charge < -0.3 is 9.94 Å². The van der Waals surface area contributed by atoms with E-state index in [2.05, 4.69) is 24.2 Å². The molecule has 0 heterocycles. The van der Waals surface area contributed by atoms with Crippen molar-refractivity contribution in [2.45, 2.75) is 20.5 Å². The van der Waals surface area contributed by atoms with Crippen LogP contribution in [0, 0.1) is 6.92 Å². The Labute approximate surface area is 113 Å². The third kappa shape index (κ3) is 3.35. The highest BCUT2D eigenvalue weighted by Crippen LogP contribution is 2.20. The summed E-state index contributed by atoms with van der Waals surface area (Å²) in [6.07, 6.45) is 0. The summed E-state index contributed by atoms with van der Waals surface area (Å²) in [5.41, 5.74) is 3.68. The number of ether oxygens (including phenoxy) is 1. The lowest BCUT2D eigenvalue weighted by Crippen LogP contribution is -2.02. The number of rotatable bonds is 4. The third-order valence-corrected chi connectivity index (χ3v) is 2.94. The molecule has 2 aromatic rings. The third-order valence-electron chi connectivity index (χ3n) is 2.94. The van der Waals surface area contributed by atoms with Crippen molar-refractivity contribution >= 4 is 5.71 Å². The van der Waals surface area contributed by atoms with Gasteiger partial charge in [0.2, 0.25) is 0 Å². The lowest BCUT2D eigenvalue weighted by molar-refractivity contribution is 0.303. The summed E-state index contributed by atoms with van der Waals surface area (Å²) in [6, 6.07) is 15.8. The van der Waals surface area contributed by atoms with Gasteiger partial charge in [-0.1, -0.05) is 47.1 Å². The molecule has 2 rings (SSSR count). The van der Waals surface area contributed by atoms with E-state index in [0.717, 1.165) is 16.9 Å². The average Bonchev–Trinajstić information content (AvgIpc) is 2.46. The number of aryl methyl sites for hydroxylation is 1. The molecule has 0 amide bonds. The molecule has 1 N–H and O–H groups in total. The first kappa shape index (κ1) is 13.1. The van der Waals surface area contributed by atoms with Gasteiger partial charge >= 0.3 is 0 Å². The molecule has 0 aliphatic carbocycles. The van der Waals surface area contributed by atoms with E-state index in [0.29, 0.717) is 12.3 Å². The van der Waals surface area contributed by atoms with Gasteiger partial charge in [0, 0.05) is 5.56 Å². The Morgan fingerprint density at radius 1 is 1.11 bits per heavy atom. The smallest absolute Gasteiger partial charge is 0.128 e. The van der Waals surface area contributed by atoms with E-state index in [9.17, 15) is 0 Å². The minimum Gasteiger partial charge on any atom is -0.488 e. The zero-order valence-electron chi connectivity index (χ0n) is 11.1. The molecule has 0 atom stereocenters. The molecule has 0 aromatic heterocycles. The molecule has 3 heteroatoms. The first-order valence-electron chi connectivity index (χ1n) is 6.17. The molecule has 98 valence electrons. The Morgan fingerprint density at radius 3 is 2.47 bits per heavy atom. The van der Waals surface area contributed by atoms with Gasteiger partial charge in [-0.15, -0.1) is 0 Å². The SMILES string of the molecule is C/C(=N\O)c1ccccc1OCc1ccc(C)cc1. The van der Waals surface area contributed by atoms with Crippen LogP contribution in [0.3, 0.4) is 0 Å². The molecule has 0 aliphatic heterocycles. The highest BCUT2D eigenvalue weighted by molar-refractivity contribution is 6.00. The molecule has 0 saturated carbocycles. The van der Waals surface area contributed by atoms with E-state index in [1.54, 1.807) is 6.92 Å². The molecule has 0 unspecified atom stereocenters. The van der Waals surface area contributed by atoms with Crippen molar-refractivity contribution in [2.75, 3.05) is 0 Å². The van der Waals surface area contributed by atoms with Crippen LogP contribution >= 0.6 is 0 Å². The van der Waals surface area contributed by atoms with Crippen molar-refractivity contribution in [1.29, 1.82) is 0 Å². The first-order chi connectivity index (χ1) is 9.20. The maximum atomic E-state index is 8.86. The number of para-hydroxylation sites is 1. The molecule has 2 aromatic carbocycles. The van der Waals surface area contributed by atoms with Crippen molar-refractivity contribution in [3.05, 3.63) is 65.2 Å². The fourth-order valence-corrected chi connectivity index (χ4v) is 1.79. The van der Waals surface area contributed by atoms with E-state index in [-0.39, 0.29) is 0 Å². The molecule has 0 aliphatic rings. The van der Waals surface area contributed by atoms with Crippen LogP contribution in [0.25, 0.3) is 0 Å². The lowest BCUT2D eigenvalue weighted by atomic mass is 10.1. The Morgan fingerprint density at radius 2 is 1.79 bits per heavy atom. The molecule has 0 saturated heterocycles. The van der Waals surface area contributed by atoms with Crippen LogP contribution < -0.4 is 4.74 Å². The van der Waals surface area contributed by atoms with E-state index in [4.69, 9.17) is 9.94 Å². The normalized spacial score (nSPS) is 11.4. The standard InChI is InChI=1S/C16H17NO2/c1-12-7-9-14(10-8-12)11-19-16-6-4-3-5-15(16)13(2)17-18/h3-10,18H,11H2,1-2H3/b17-13+. The zero-order valence-corrected chi connectivity index (χ0v) is 11.1. The molecular formula is C16H17NO2. The summed E-state index contributed by atoms with van der Waals surface area (Å²) in [7, 11) is 0. The summed E-state index contributed by atoms with van der Waals surface area (Å²) in [4.78, 5) is 0. The van der Waals surface area contributed by atoms with Crippen molar-refractivity contribution in [3.8, 4) is 5.75 Å². The predicted octanol–water partition coefficient (Wildman–Crippen LogP) is 3.77. The van der Waals surface area contributed by atoms with Crippen LogP contribution in [0.1, 0.15) is 23.6 Å². The number of nitrogens with zero attached hydrogens (tertiary/aromatic N) is 1. The summed E-state index contributed by atoms with van der Waals surface area (Å²) < 4.78 is 5.79. The number of benzene rings is 2. The summed E-state index contributed by atoms with van der Waals surface area (Å²) >= 11 is 0. The fraction of sp³-hybridized carbons (Fsp3) is 0.188. The second-order valence-corrected chi connectivity index (χ2v) is 4.46. The maximum absolute atomic E-state index is 8.86. The van der Waals surface area contributed by atoms with E-state index < -0.39 is 0 Å². The van der Waals surface area contributed by atoms with Crippen LogP contribution in [0.5, 0.6) is 5.75 Å². The van der Waals surface area contributed by atoms with Gasteiger partial charge in [-0.25, -0.2) is 0 Å². The monoisotopic (exact) mass is 255 g/mol. The summed E-state index contributed by atoms with van der Waals surface area (Å²) in [6.45, 7) is 4.30. The van der Waals surface area contributed by atoms with Gasteiger partial charge in [0.15, 0.2) is 0 Å². The first-order valence-corrected chi connectivity index (χ1v) is 6.17. The van der Waals surface area contributed by atoms with E-state index >= 15 is 0 Å². The van der Waals surface area contributed by atoms with Crippen LogP contribution in [0.15, 0.2) is 53.7 Å². The minimum absolute atomic E-state index is 0.496. The molecule has 0 radical (unpaired) electrons. The lowest BCUT2D eigenvalue weighted by Gasteiger charge is -2.10. The zero-order chi connectivity index (χ0) is 13.7. The van der Waals surface area contributed by atoms with Gasteiger partial charge in [-0.3, -0.25) is 0 Å². The molecule has 0 bridgehead atoms. The van der Waals surface area contributed by atoms with E-state index in [1.807, 2.05) is 36.4 Å². The molecule has 3 nitrogen and oxygen atoms in total. The molecule has 0 spiro atoms. The van der Waals surface area contributed by atoms with Gasteiger partial charge in [0.1, 0.15) is 12.4 Å². The highest BCUT2D eigenvalue weighted by Gasteiger charge is 2.06. The van der Waals surface area contributed by atoms with Crippen molar-refractivity contribution in [1.82, 2.24) is 0 Å². The van der Waals surface area contributed by atoms with Gasteiger partial charge in [0.05, 0.1) is 5.71 Å². The fourth-order valence-electron chi connectivity index (χ4n) is 1.79. The van der Waals surface area contributed by atoms with Crippen molar-refractivity contribution < 1.29 is 9.94 Å². The second kappa shape index (κ2) is 6.05. The van der Waals surface area contributed by atoms with Crippen LogP contribution in [0.4, 0.5) is 0 Å². The number of oxime groups is 1. The molecular weight excluding hydrogens is 238 g/mol. The average molecular weight is 255 g/mol. The minimum atomic E-state index is 0.496. The largest absolute Gasteiger partial charge is 0.488 e. The van der Waals surface area contributed by atoms with Crippen molar-refractivity contribution in [2.24, 2.45) is 5.16 Å². The number of hydrogen-bond acceptors (Lipinski definition) is 3. The Balaban J connectivity index is 2.13. The molecule has 0 fully saturated rings. The molecule has 19 heavy (non-hydrogen) atoms.